The van der Waals surface area contributed by atoms with Crippen molar-refractivity contribution in [3.63, 3.8) is 0 Å². The first-order valence-corrected chi connectivity index (χ1v) is 11.0. The van der Waals surface area contributed by atoms with Crippen LogP contribution in [0.1, 0.15) is 23.1 Å². The van der Waals surface area contributed by atoms with Gasteiger partial charge in [-0.2, -0.15) is 10.4 Å². The molecule has 1 aromatic heterocycles. The second-order valence-corrected chi connectivity index (χ2v) is 8.16. The third kappa shape index (κ3) is 5.92. The van der Waals surface area contributed by atoms with Gasteiger partial charge >= 0.3 is 0 Å². The molecule has 0 amide bonds. The van der Waals surface area contributed by atoms with Crippen molar-refractivity contribution in [2.24, 2.45) is 5.10 Å². The molecule has 0 aliphatic carbocycles. The molecule has 3 aromatic rings. The Hall–Kier alpha value is -3.80. The van der Waals surface area contributed by atoms with Gasteiger partial charge in [-0.15, -0.1) is 0 Å². The summed E-state index contributed by atoms with van der Waals surface area (Å²) in [6.45, 7) is 5.42. The summed E-state index contributed by atoms with van der Waals surface area (Å²) in [7, 11) is 2.18. The van der Waals surface area contributed by atoms with Crippen LogP contribution in [0.15, 0.2) is 64.5 Å². The Kier molecular flexibility index (Phi) is 7.25. The van der Waals surface area contributed by atoms with Crippen molar-refractivity contribution in [2.45, 2.75) is 13.0 Å². The number of aromatic amines is 1. The highest BCUT2D eigenvalue weighted by Gasteiger charge is 2.13. The summed E-state index contributed by atoms with van der Waals surface area (Å²) in [5.41, 5.74) is 5.46. The van der Waals surface area contributed by atoms with Gasteiger partial charge in [0.2, 0.25) is 5.95 Å². The predicted octanol–water partition coefficient (Wildman–Crippen LogP) is 2.89. The number of hydrazone groups is 1. The van der Waals surface area contributed by atoms with Crippen molar-refractivity contribution >= 4 is 12.2 Å². The van der Waals surface area contributed by atoms with Crippen molar-refractivity contribution in [1.82, 2.24) is 19.8 Å². The first-order valence-electron chi connectivity index (χ1n) is 11.0. The van der Waals surface area contributed by atoms with E-state index in [4.69, 9.17) is 0 Å². The SMILES string of the molecule is CN1CCCN(Cc2ccc(C=NNc3nc(-c4ccccc4)c(C#N)c(=O)[nH]3)cc2)CC1. The van der Waals surface area contributed by atoms with Crippen LogP contribution in [0.2, 0.25) is 0 Å². The van der Waals surface area contributed by atoms with E-state index in [9.17, 15) is 10.1 Å². The fourth-order valence-electron chi connectivity index (χ4n) is 3.83. The number of anilines is 1. The van der Waals surface area contributed by atoms with Gasteiger partial charge in [-0.1, -0.05) is 54.6 Å². The maximum Gasteiger partial charge on any atom is 0.270 e. The van der Waals surface area contributed by atoms with E-state index in [1.165, 1.54) is 12.0 Å². The third-order valence-electron chi connectivity index (χ3n) is 5.66. The monoisotopic (exact) mass is 441 g/mol. The fourth-order valence-corrected chi connectivity index (χ4v) is 3.83. The second-order valence-electron chi connectivity index (χ2n) is 8.16. The molecule has 0 radical (unpaired) electrons. The summed E-state index contributed by atoms with van der Waals surface area (Å²) >= 11 is 0. The Balaban J connectivity index is 1.41. The molecular weight excluding hydrogens is 414 g/mol. The average Bonchev–Trinajstić information content (AvgIpc) is 3.04. The molecule has 0 spiro atoms. The maximum absolute atomic E-state index is 12.3. The lowest BCUT2D eigenvalue weighted by molar-refractivity contribution is 0.269. The van der Waals surface area contributed by atoms with Gasteiger partial charge in [0.1, 0.15) is 11.6 Å². The first-order chi connectivity index (χ1) is 16.1. The van der Waals surface area contributed by atoms with E-state index in [-0.39, 0.29) is 11.5 Å². The van der Waals surface area contributed by atoms with Crippen LogP contribution in [0.3, 0.4) is 0 Å². The zero-order chi connectivity index (χ0) is 23.0. The van der Waals surface area contributed by atoms with Crippen LogP contribution in [-0.4, -0.2) is 59.2 Å². The standard InChI is InChI=1S/C25H27N7O/c1-31-12-5-13-32(15-14-31)18-20-10-8-19(9-11-20)17-27-30-25-28-23(21-6-3-2-4-7-21)22(16-26)24(33)29-25/h2-4,6-11,17H,5,12-15,18H2,1H3,(H2,28,29,30,33). The Labute approximate surface area is 193 Å². The molecule has 2 heterocycles. The van der Waals surface area contributed by atoms with Gasteiger partial charge in [0.25, 0.3) is 5.56 Å². The highest BCUT2D eigenvalue weighted by Crippen LogP contribution is 2.19. The summed E-state index contributed by atoms with van der Waals surface area (Å²) in [5.74, 6) is 0.178. The molecule has 1 fully saturated rings. The van der Waals surface area contributed by atoms with E-state index < -0.39 is 5.56 Å². The maximum atomic E-state index is 12.3. The van der Waals surface area contributed by atoms with Crippen LogP contribution in [0.25, 0.3) is 11.3 Å². The summed E-state index contributed by atoms with van der Waals surface area (Å²) in [4.78, 5) is 24.1. The number of likely N-dealkylation sites (N-methyl/N-ethyl adjacent to an activating group) is 1. The Bertz CT molecular complexity index is 1200. The van der Waals surface area contributed by atoms with Crippen LogP contribution in [0.5, 0.6) is 0 Å². The lowest BCUT2D eigenvalue weighted by Gasteiger charge is -2.20. The number of aromatic nitrogens is 2. The van der Waals surface area contributed by atoms with Gasteiger partial charge < -0.3 is 4.90 Å². The third-order valence-corrected chi connectivity index (χ3v) is 5.66. The Morgan fingerprint density at radius 3 is 2.67 bits per heavy atom. The highest BCUT2D eigenvalue weighted by atomic mass is 16.1. The molecular formula is C25H27N7O. The number of hydrogen-bond donors (Lipinski definition) is 2. The zero-order valence-electron chi connectivity index (χ0n) is 18.7. The topological polar surface area (TPSA) is 100 Å². The van der Waals surface area contributed by atoms with E-state index in [1.54, 1.807) is 18.3 Å². The van der Waals surface area contributed by atoms with Crippen LogP contribution in [0.4, 0.5) is 5.95 Å². The summed E-state index contributed by atoms with van der Waals surface area (Å²) in [5, 5.41) is 13.6. The molecule has 0 unspecified atom stereocenters. The van der Waals surface area contributed by atoms with Crippen molar-refractivity contribution in [2.75, 3.05) is 38.7 Å². The van der Waals surface area contributed by atoms with Gasteiger partial charge in [0.05, 0.1) is 11.9 Å². The van der Waals surface area contributed by atoms with Gasteiger partial charge in [-0.3, -0.25) is 14.7 Å². The fraction of sp³-hybridized carbons (Fsp3) is 0.280. The Morgan fingerprint density at radius 1 is 1.12 bits per heavy atom. The summed E-state index contributed by atoms with van der Waals surface area (Å²) in [6, 6.07) is 19.4. The molecule has 0 atom stereocenters. The predicted molar refractivity (Wildman–Crippen MR) is 130 cm³/mol. The number of hydrogen-bond acceptors (Lipinski definition) is 7. The number of rotatable bonds is 6. The van der Waals surface area contributed by atoms with E-state index in [2.05, 4.69) is 49.5 Å². The van der Waals surface area contributed by atoms with E-state index >= 15 is 0 Å². The number of nitrogens with one attached hydrogen (secondary N) is 2. The van der Waals surface area contributed by atoms with Gasteiger partial charge in [0, 0.05) is 25.2 Å². The lowest BCUT2D eigenvalue weighted by atomic mass is 10.1. The molecule has 8 nitrogen and oxygen atoms in total. The first kappa shape index (κ1) is 22.4. The number of benzene rings is 2. The molecule has 1 aliphatic rings. The number of nitriles is 1. The summed E-state index contributed by atoms with van der Waals surface area (Å²) in [6.07, 6.45) is 2.87. The molecule has 168 valence electrons. The molecule has 1 aliphatic heterocycles. The van der Waals surface area contributed by atoms with Gasteiger partial charge in [-0.25, -0.2) is 10.4 Å². The largest absolute Gasteiger partial charge is 0.305 e. The minimum Gasteiger partial charge on any atom is -0.305 e. The quantitative estimate of drug-likeness (QED) is 0.451. The smallest absolute Gasteiger partial charge is 0.270 e. The molecule has 2 aromatic carbocycles. The van der Waals surface area contributed by atoms with Crippen LogP contribution >= 0.6 is 0 Å². The Morgan fingerprint density at radius 2 is 1.91 bits per heavy atom. The number of nitrogens with zero attached hydrogens (tertiary/aromatic N) is 5. The van der Waals surface area contributed by atoms with Crippen molar-refractivity contribution in [3.8, 4) is 17.3 Å². The minimum absolute atomic E-state index is 0.0256. The minimum atomic E-state index is -0.506. The summed E-state index contributed by atoms with van der Waals surface area (Å²) < 4.78 is 0. The van der Waals surface area contributed by atoms with E-state index in [0.29, 0.717) is 11.3 Å². The molecule has 0 bridgehead atoms. The number of H-pyrrole nitrogens is 1. The van der Waals surface area contributed by atoms with Gasteiger partial charge in [-0.05, 0) is 37.7 Å². The molecule has 8 heteroatoms. The van der Waals surface area contributed by atoms with Crippen LogP contribution in [-0.2, 0) is 6.54 Å². The molecule has 2 N–H and O–H groups in total. The molecule has 1 saturated heterocycles. The second kappa shape index (κ2) is 10.7. The van der Waals surface area contributed by atoms with Crippen molar-refractivity contribution in [3.05, 3.63) is 81.6 Å². The van der Waals surface area contributed by atoms with E-state index in [1.807, 2.05) is 36.4 Å². The molecule has 33 heavy (non-hydrogen) atoms. The normalized spacial score (nSPS) is 15.3. The van der Waals surface area contributed by atoms with Gasteiger partial charge in [0.15, 0.2) is 0 Å². The molecule has 4 rings (SSSR count). The van der Waals surface area contributed by atoms with E-state index in [0.717, 1.165) is 38.3 Å². The van der Waals surface area contributed by atoms with Crippen LogP contribution in [0, 0.1) is 11.3 Å². The lowest BCUT2D eigenvalue weighted by Crippen LogP contribution is -2.28. The highest BCUT2D eigenvalue weighted by molar-refractivity contribution is 5.80. The zero-order valence-corrected chi connectivity index (χ0v) is 18.7. The van der Waals surface area contributed by atoms with Crippen LogP contribution < -0.4 is 11.0 Å². The average molecular weight is 442 g/mol. The van der Waals surface area contributed by atoms with Crippen molar-refractivity contribution in [1.29, 1.82) is 5.26 Å². The van der Waals surface area contributed by atoms with Crippen molar-refractivity contribution < 1.29 is 0 Å². The molecule has 0 saturated carbocycles.